The lowest BCUT2D eigenvalue weighted by Crippen LogP contribution is -2.53. The summed E-state index contributed by atoms with van der Waals surface area (Å²) in [7, 11) is 0. The fraction of sp³-hybridized carbons (Fsp3) is 0.375. The monoisotopic (exact) mass is 235 g/mol. The number of rotatable bonds is 1. The van der Waals surface area contributed by atoms with Crippen LogP contribution in [0.3, 0.4) is 0 Å². The van der Waals surface area contributed by atoms with E-state index >= 15 is 0 Å². The van der Waals surface area contributed by atoms with E-state index in [0.717, 1.165) is 0 Å². The van der Waals surface area contributed by atoms with Gasteiger partial charge < -0.3 is 0 Å². The maximum absolute atomic E-state index is 10.8. The van der Waals surface area contributed by atoms with Crippen LogP contribution in [0.4, 0.5) is 11.5 Å². The summed E-state index contributed by atoms with van der Waals surface area (Å²) in [4.78, 5) is 10.3. The molecule has 9 nitrogen and oxygen atoms in total. The molecule has 1 aromatic rings. The van der Waals surface area contributed by atoms with E-state index in [4.69, 9.17) is 0 Å². The molecule has 2 aliphatic rings. The number of nitro groups is 1. The summed E-state index contributed by atoms with van der Waals surface area (Å²) >= 11 is 0. The summed E-state index contributed by atoms with van der Waals surface area (Å²) in [5, 5.41) is 22.8. The minimum Gasteiger partial charge on any atom is -0.297 e. The second kappa shape index (κ2) is 2.88. The van der Waals surface area contributed by atoms with E-state index < -0.39 is 10.6 Å². The van der Waals surface area contributed by atoms with E-state index in [0.29, 0.717) is 17.2 Å². The molecule has 1 spiro atoms. The van der Waals surface area contributed by atoms with Gasteiger partial charge in [-0.15, -0.1) is 0 Å². The number of hydrogen-bond acceptors (Lipinski definition) is 7. The molecule has 0 radical (unpaired) electrons. The van der Waals surface area contributed by atoms with Gasteiger partial charge in [-0.05, 0) is 13.8 Å². The quantitative estimate of drug-likeness (QED) is 0.534. The van der Waals surface area contributed by atoms with Gasteiger partial charge in [0.05, 0.1) is 16.3 Å². The van der Waals surface area contributed by atoms with Crippen LogP contribution in [0.1, 0.15) is 13.8 Å². The zero-order chi connectivity index (χ0) is 12.2. The summed E-state index contributed by atoms with van der Waals surface area (Å²) in [5.41, 5.74) is 6.19. The van der Waals surface area contributed by atoms with Gasteiger partial charge in [-0.25, -0.2) is 4.68 Å². The van der Waals surface area contributed by atoms with Gasteiger partial charge in [0.25, 0.3) is 0 Å². The van der Waals surface area contributed by atoms with Crippen molar-refractivity contribution in [2.45, 2.75) is 19.5 Å². The molecule has 3 heterocycles. The van der Waals surface area contributed by atoms with Crippen molar-refractivity contribution in [3.63, 3.8) is 0 Å². The van der Waals surface area contributed by atoms with Gasteiger partial charge in [0.2, 0.25) is 11.5 Å². The summed E-state index contributed by atoms with van der Waals surface area (Å²) in [6.45, 7) is 3.58. The lowest BCUT2D eigenvalue weighted by Gasteiger charge is -2.24. The van der Waals surface area contributed by atoms with E-state index in [1.807, 2.05) is 0 Å². The van der Waals surface area contributed by atoms with E-state index in [1.54, 1.807) is 13.8 Å². The number of nitrogens with one attached hydrogen (secondary N) is 2. The van der Waals surface area contributed by atoms with Crippen LogP contribution in [-0.2, 0) is 5.66 Å². The SMILES string of the molecule is CC1=NN=C(C)C12NNc1c([N+](=O)[O-])cnn12. The first-order chi connectivity index (χ1) is 8.07. The van der Waals surface area contributed by atoms with E-state index in [-0.39, 0.29) is 5.69 Å². The smallest absolute Gasteiger partial charge is 0.297 e. The Hall–Kier alpha value is -2.29. The highest BCUT2D eigenvalue weighted by Gasteiger charge is 2.50. The highest BCUT2D eigenvalue weighted by Crippen LogP contribution is 2.36. The Morgan fingerprint density at radius 1 is 1.41 bits per heavy atom. The molecule has 9 heteroatoms. The molecule has 0 saturated heterocycles. The first-order valence-electron chi connectivity index (χ1n) is 4.93. The first-order valence-corrected chi connectivity index (χ1v) is 4.93. The Morgan fingerprint density at radius 2 is 2.06 bits per heavy atom. The van der Waals surface area contributed by atoms with Gasteiger partial charge >= 0.3 is 5.69 Å². The van der Waals surface area contributed by atoms with E-state index in [2.05, 4.69) is 26.2 Å². The molecule has 0 aromatic carbocycles. The van der Waals surface area contributed by atoms with Gasteiger partial charge in [0.15, 0.2) is 0 Å². The molecule has 2 N–H and O–H groups in total. The number of fused-ring (bicyclic) bond motifs is 2. The van der Waals surface area contributed by atoms with Gasteiger partial charge in [0, 0.05) is 0 Å². The minimum absolute atomic E-state index is 0.0816. The average molecular weight is 235 g/mol. The minimum atomic E-state index is -0.816. The van der Waals surface area contributed by atoms with E-state index in [1.165, 1.54) is 10.9 Å². The molecule has 17 heavy (non-hydrogen) atoms. The average Bonchev–Trinajstić information content (AvgIpc) is 2.90. The summed E-state index contributed by atoms with van der Waals surface area (Å²) in [5.74, 6) is 0.306. The predicted molar refractivity (Wildman–Crippen MR) is 59.8 cm³/mol. The zero-order valence-corrected chi connectivity index (χ0v) is 9.13. The Bertz CT molecular complexity index is 567. The van der Waals surface area contributed by atoms with Crippen molar-refractivity contribution in [1.82, 2.24) is 15.2 Å². The van der Waals surface area contributed by atoms with Gasteiger partial charge in [-0.3, -0.25) is 15.5 Å². The number of anilines is 1. The normalized spacial score (nSPS) is 19.9. The third kappa shape index (κ3) is 0.984. The van der Waals surface area contributed by atoms with Crippen LogP contribution >= 0.6 is 0 Å². The summed E-state index contributed by atoms with van der Waals surface area (Å²) in [6.07, 6.45) is 1.21. The van der Waals surface area contributed by atoms with Crippen LogP contribution in [0.5, 0.6) is 0 Å². The molecule has 0 saturated carbocycles. The van der Waals surface area contributed by atoms with E-state index in [9.17, 15) is 10.1 Å². The fourth-order valence-electron chi connectivity index (χ4n) is 2.09. The molecular weight excluding hydrogens is 226 g/mol. The molecule has 88 valence electrons. The lowest BCUT2D eigenvalue weighted by atomic mass is 10.0. The number of aromatic nitrogens is 2. The van der Waals surface area contributed by atoms with Crippen LogP contribution < -0.4 is 10.9 Å². The van der Waals surface area contributed by atoms with Gasteiger partial charge in [-0.2, -0.15) is 20.7 Å². The molecule has 1 aromatic heterocycles. The fourth-order valence-corrected chi connectivity index (χ4v) is 2.09. The van der Waals surface area contributed by atoms with Crippen molar-refractivity contribution in [1.29, 1.82) is 0 Å². The van der Waals surface area contributed by atoms with Crippen LogP contribution in [-0.4, -0.2) is 26.1 Å². The van der Waals surface area contributed by atoms with Crippen molar-refractivity contribution < 1.29 is 4.92 Å². The second-order valence-corrected chi connectivity index (χ2v) is 3.88. The first kappa shape index (κ1) is 9.90. The van der Waals surface area contributed by atoms with Crippen LogP contribution in [0, 0.1) is 10.1 Å². The largest absolute Gasteiger partial charge is 0.332 e. The topological polar surface area (TPSA) is 110 Å². The molecule has 2 aliphatic heterocycles. The summed E-state index contributed by atoms with van der Waals surface area (Å²) < 4.78 is 1.50. The Morgan fingerprint density at radius 3 is 2.65 bits per heavy atom. The third-order valence-corrected chi connectivity index (χ3v) is 3.02. The zero-order valence-electron chi connectivity index (χ0n) is 9.13. The predicted octanol–water partition coefficient (Wildman–Crippen LogP) is 0.225. The van der Waals surface area contributed by atoms with Crippen LogP contribution in [0.2, 0.25) is 0 Å². The number of hydrogen-bond donors (Lipinski definition) is 2. The second-order valence-electron chi connectivity index (χ2n) is 3.88. The molecule has 0 fully saturated rings. The molecule has 0 amide bonds. The van der Waals surface area contributed by atoms with Crippen LogP contribution in [0.25, 0.3) is 0 Å². The van der Waals surface area contributed by atoms with Crippen molar-refractivity contribution in [3.8, 4) is 0 Å². The lowest BCUT2D eigenvalue weighted by molar-refractivity contribution is -0.384. The number of nitrogens with zero attached hydrogens (tertiary/aromatic N) is 5. The van der Waals surface area contributed by atoms with Crippen molar-refractivity contribution in [3.05, 3.63) is 16.3 Å². The number of hydrazine groups is 1. The Kier molecular flexibility index (Phi) is 1.68. The van der Waals surface area contributed by atoms with Crippen molar-refractivity contribution in [2.75, 3.05) is 5.43 Å². The highest BCUT2D eigenvalue weighted by atomic mass is 16.6. The third-order valence-electron chi connectivity index (χ3n) is 3.02. The van der Waals surface area contributed by atoms with Gasteiger partial charge in [-0.1, -0.05) is 0 Å². The Labute approximate surface area is 95.3 Å². The molecular formula is C8H9N7O2. The standard InChI is InChI=1S/C8H9N7O2/c1-4-8(5(2)11-10-4)13-12-7-6(15(16)17)3-9-14(7)8/h3,12-13H,1-2H3. The van der Waals surface area contributed by atoms with Crippen molar-refractivity contribution in [2.24, 2.45) is 10.2 Å². The molecule has 3 rings (SSSR count). The maximum atomic E-state index is 10.8. The Balaban J connectivity index is 2.21. The highest BCUT2D eigenvalue weighted by molar-refractivity contribution is 6.15. The molecule has 0 bridgehead atoms. The molecule has 0 aliphatic carbocycles. The maximum Gasteiger partial charge on any atom is 0.332 e. The van der Waals surface area contributed by atoms with Gasteiger partial charge in [0.1, 0.15) is 6.20 Å². The van der Waals surface area contributed by atoms with Crippen molar-refractivity contribution >= 4 is 22.9 Å². The van der Waals surface area contributed by atoms with Crippen LogP contribution in [0.15, 0.2) is 16.4 Å². The summed E-state index contributed by atoms with van der Waals surface area (Å²) in [6, 6.07) is 0. The molecule has 0 unspecified atom stereocenters. The molecule has 0 atom stereocenters.